The first-order chi connectivity index (χ1) is 8.72. The number of ether oxygens (including phenoxy) is 1. The van der Waals surface area contributed by atoms with E-state index in [-0.39, 0.29) is 12.5 Å². The molecule has 2 rings (SSSR count). The van der Waals surface area contributed by atoms with Gasteiger partial charge in [0.15, 0.2) is 0 Å². The summed E-state index contributed by atoms with van der Waals surface area (Å²) in [5.41, 5.74) is 2.32. The van der Waals surface area contributed by atoms with Crippen LogP contribution in [0.4, 0.5) is 5.82 Å². The molecule has 1 aromatic heterocycles. The molecule has 5 nitrogen and oxygen atoms in total. The number of hydrogen-bond acceptors (Lipinski definition) is 5. The molecule has 0 unspecified atom stereocenters. The molecular weight excluding hydrogens is 230 g/mol. The van der Waals surface area contributed by atoms with E-state index in [1.165, 1.54) is 18.4 Å². The van der Waals surface area contributed by atoms with Crippen LogP contribution in [-0.4, -0.2) is 36.1 Å². The summed E-state index contributed by atoms with van der Waals surface area (Å²) in [5.74, 6) is 0.649. The van der Waals surface area contributed by atoms with Gasteiger partial charge in [-0.25, -0.2) is 9.97 Å². The van der Waals surface area contributed by atoms with Gasteiger partial charge in [-0.3, -0.25) is 4.79 Å². The van der Waals surface area contributed by atoms with Gasteiger partial charge in [0.1, 0.15) is 18.7 Å². The monoisotopic (exact) mass is 249 g/mol. The van der Waals surface area contributed by atoms with E-state index in [9.17, 15) is 4.79 Å². The van der Waals surface area contributed by atoms with Gasteiger partial charge in [0.25, 0.3) is 0 Å². The normalized spacial score (nSPS) is 13.9. The topological polar surface area (TPSA) is 55.3 Å². The van der Waals surface area contributed by atoms with E-state index in [0.29, 0.717) is 6.61 Å². The van der Waals surface area contributed by atoms with E-state index in [0.717, 1.165) is 24.4 Å². The van der Waals surface area contributed by atoms with Crippen LogP contribution in [0.15, 0.2) is 6.33 Å². The van der Waals surface area contributed by atoms with Crippen molar-refractivity contribution >= 4 is 11.8 Å². The summed E-state index contributed by atoms with van der Waals surface area (Å²) in [7, 11) is 1.87. The van der Waals surface area contributed by atoms with Gasteiger partial charge in [-0.2, -0.15) is 0 Å². The van der Waals surface area contributed by atoms with Gasteiger partial charge < -0.3 is 9.64 Å². The maximum atomic E-state index is 11.5. The number of aromatic nitrogens is 2. The fourth-order valence-corrected chi connectivity index (χ4v) is 2.31. The zero-order valence-electron chi connectivity index (χ0n) is 11.0. The summed E-state index contributed by atoms with van der Waals surface area (Å²) >= 11 is 0. The zero-order chi connectivity index (χ0) is 13.0. The highest BCUT2D eigenvalue weighted by Crippen LogP contribution is 2.26. The van der Waals surface area contributed by atoms with Crippen molar-refractivity contribution in [2.45, 2.75) is 32.6 Å². The van der Waals surface area contributed by atoms with Crippen molar-refractivity contribution in [3.8, 4) is 0 Å². The lowest BCUT2D eigenvalue weighted by Crippen LogP contribution is -2.29. The number of anilines is 1. The Morgan fingerprint density at radius 1 is 1.39 bits per heavy atom. The molecule has 0 amide bonds. The van der Waals surface area contributed by atoms with Crippen molar-refractivity contribution in [3.05, 3.63) is 17.6 Å². The third kappa shape index (κ3) is 2.78. The Labute approximate surface area is 107 Å². The average molecular weight is 249 g/mol. The van der Waals surface area contributed by atoms with Gasteiger partial charge in [0.05, 0.1) is 6.61 Å². The fraction of sp³-hybridized carbons (Fsp3) is 0.615. The lowest BCUT2D eigenvalue weighted by Gasteiger charge is -2.23. The summed E-state index contributed by atoms with van der Waals surface area (Å²) in [5, 5.41) is 0. The molecule has 0 fully saturated rings. The van der Waals surface area contributed by atoms with Crippen molar-refractivity contribution in [3.63, 3.8) is 0 Å². The summed E-state index contributed by atoms with van der Waals surface area (Å²) in [6.45, 7) is 2.45. The third-order valence-corrected chi connectivity index (χ3v) is 3.14. The summed E-state index contributed by atoms with van der Waals surface area (Å²) < 4.78 is 4.95. The highest BCUT2D eigenvalue weighted by Gasteiger charge is 2.19. The van der Waals surface area contributed by atoms with E-state index < -0.39 is 0 Å². The molecule has 0 saturated heterocycles. The van der Waals surface area contributed by atoms with Gasteiger partial charge in [-0.15, -0.1) is 0 Å². The Morgan fingerprint density at radius 3 is 2.94 bits per heavy atom. The van der Waals surface area contributed by atoms with E-state index >= 15 is 0 Å². The Balaban J connectivity index is 2.15. The zero-order valence-corrected chi connectivity index (χ0v) is 11.0. The van der Waals surface area contributed by atoms with Crippen LogP contribution in [0.25, 0.3) is 0 Å². The molecule has 1 aromatic rings. The highest BCUT2D eigenvalue weighted by molar-refractivity contribution is 5.75. The van der Waals surface area contributed by atoms with E-state index in [2.05, 4.69) is 9.97 Å². The van der Waals surface area contributed by atoms with Crippen molar-refractivity contribution in [2.75, 3.05) is 25.1 Å². The van der Waals surface area contributed by atoms with Crippen LogP contribution in [-0.2, 0) is 22.4 Å². The molecule has 0 atom stereocenters. The number of fused-ring (bicyclic) bond motifs is 1. The molecule has 0 aromatic carbocycles. The van der Waals surface area contributed by atoms with Crippen molar-refractivity contribution in [2.24, 2.45) is 0 Å². The summed E-state index contributed by atoms with van der Waals surface area (Å²) in [4.78, 5) is 22.0. The lowest BCUT2D eigenvalue weighted by molar-refractivity contribution is -0.141. The minimum absolute atomic E-state index is 0.219. The predicted octanol–water partition coefficient (Wildman–Crippen LogP) is 1.35. The van der Waals surface area contributed by atoms with Crippen molar-refractivity contribution in [1.29, 1.82) is 0 Å². The van der Waals surface area contributed by atoms with Gasteiger partial charge in [-0.1, -0.05) is 0 Å². The minimum atomic E-state index is -0.219. The van der Waals surface area contributed by atoms with Crippen molar-refractivity contribution in [1.82, 2.24) is 9.97 Å². The molecule has 0 spiro atoms. The molecule has 18 heavy (non-hydrogen) atoms. The predicted molar refractivity (Wildman–Crippen MR) is 68.6 cm³/mol. The smallest absolute Gasteiger partial charge is 0.325 e. The summed E-state index contributed by atoms with van der Waals surface area (Å²) in [6.07, 6.45) is 5.95. The fourth-order valence-electron chi connectivity index (χ4n) is 2.31. The molecular formula is C13H19N3O2. The highest BCUT2D eigenvalue weighted by atomic mass is 16.5. The first-order valence-corrected chi connectivity index (χ1v) is 6.42. The van der Waals surface area contributed by atoms with Crippen molar-refractivity contribution < 1.29 is 9.53 Å². The van der Waals surface area contributed by atoms with Gasteiger partial charge >= 0.3 is 5.97 Å². The quantitative estimate of drug-likeness (QED) is 0.754. The largest absolute Gasteiger partial charge is 0.465 e. The first kappa shape index (κ1) is 12.8. The molecule has 0 saturated carbocycles. The Bertz CT molecular complexity index is 434. The summed E-state index contributed by atoms with van der Waals surface area (Å²) in [6, 6.07) is 0. The second-order valence-electron chi connectivity index (χ2n) is 4.49. The van der Waals surface area contributed by atoms with E-state index in [4.69, 9.17) is 4.74 Å². The van der Waals surface area contributed by atoms with Crippen LogP contribution >= 0.6 is 0 Å². The molecule has 5 heteroatoms. The van der Waals surface area contributed by atoms with Crippen LogP contribution in [0.2, 0.25) is 0 Å². The third-order valence-electron chi connectivity index (χ3n) is 3.14. The van der Waals surface area contributed by atoms with E-state index in [1.54, 1.807) is 6.33 Å². The number of hydrogen-bond donors (Lipinski definition) is 0. The molecule has 0 bridgehead atoms. The maximum absolute atomic E-state index is 11.5. The van der Waals surface area contributed by atoms with Crippen LogP contribution < -0.4 is 4.90 Å². The van der Waals surface area contributed by atoms with Gasteiger partial charge in [0.2, 0.25) is 0 Å². The number of esters is 1. The Kier molecular flexibility index (Phi) is 4.12. The van der Waals surface area contributed by atoms with Gasteiger partial charge in [-0.05, 0) is 32.6 Å². The maximum Gasteiger partial charge on any atom is 0.325 e. The molecule has 0 N–H and O–H groups in total. The number of carbonyl (C=O) groups excluding carboxylic acids is 1. The standard InChI is InChI=1S/C13H19N3O2/c1-3-18-12(17)8-16(2)13-10-6-4-5-7-11(10)14-9-15-13/h9H,3-8H2,1-2H3. The minimum Gasteiger partial charge on any atom is -0.465 e. The molecule has 1 heterocycles. The van der Waals surface area contributed by atoms with Crippen LogP contribution in [0, 0.1) is 0 Å². The second kappa shape index (κ2) is 5.80. The van der Waals surface area contributed by atoms with E-state index in [1.807, 2.05) is 18.9 Å². The van der Waals surface area contributed by atoms with Gasteiger partial charge in [0, 0.05) is 18.3 Å². The number of carbonyl (C=O) groups is 1. The lowest BCUT2D eigenvalue weighted by atomic mass is 9.96. The average Bonchev–Trinajstić information content (AvgIpc) is 2.38. The molecule has 1 aliphatic rings. The number of likely N-dealkylation sites (N-methyl/N-ethyl adjacent to an activating group) is 1. The number of aryl methyl sites for hydroxylation is 1. The first-order valence-electron chi connectivity index (χ1n) is 6.42. The number of nitrogens with zero attached hydrogens (tertiary/aromatic N) is 3. The Hall–Kier alpha value is -1.65. The number of rotatable bonds is 4. The molecule has 98 valence electrons. The van der Waals surface area contributed by atoms with Crippen LogP contribution in [0.1, 0.15) is 31.0 Å². The Morgan fingerprint density at radius 2 is 2.17 bits per heavy atom. The second-order valence-corrected chi connectivity index (χ2v) is 4.49. The van der Waals surface area contributed by atoms with Crippen LogP contribution in [0.3, 0.4) is 0 Å². The SMILES string of the molecule is CCOC(=O)CN(C)c1ncnc2c1CCCC2. The van der Waals surface area contributed by atoms with Crippen LogP contribution in [0.5, 0.6) is 0 Å². The molecule has 1 aliphatic carbocycles. The molecule has 0 aliphatic heterocycles. The molecule has 0 radical (unpaired) electrons.